The van der Waals surface area contributed by atoms with E-state index in [2.05, 4.69) is 0 Å². The lowest BCUT2D eigenvalue weighted by Crippen LogP contribution is -2.31. The van der Waals surface area contributed by atoms with Gasteiger partial charge in [-0.1, -0.05) is 6.07 Å². The molecule has 0 atom stereocenters. The van der Waals surface area contributed by atoms with Crippen molar-refractivity contribution in [3.63, 3.8) is 0 Å². The number of hydrogen-bond acceptors (Lipinski definition) is 2. The van der Waals surface area contributed by atoms with Crippen molar-refractivity contribution in [3.05, 3.63) is 29.8 Å². The third-order valence-electron chi connectivity index (χ3n) is 1.69. The predicted molar refractivity (Wildman–Crippen MR) is 49.1 cm³/mol. The highest BCUT2D eigenvalue weighted by molar-refractivity contribution is 5.90. The summed E-state index contributed by atoms with van der Waals surface area (Å²) in [4.78, 5) is 12.0. The lowest BCUT2D eigenvalue weighted by atomic mass is 10.2. The minimum Gasteiger partial charge on any atom is -0.351 e. The number of urea groups is 1. The summed E-state index contributed by atoms with van der Waals surface area (Å²) < 4.78 is 0. The quantitative estimate of drug-likeness (QED) is 0.693. The summed E-state index contributed by atoms with van der Waals surface area (Å²) in [6.45, 7) is 0. The second-order valence-electron chi connectivity index (χ2n) is 2.56. The van der Waals surface area contributed by atoms with Crippen molar-refractivity contribution >= 4 is 11.7 Å². The summed E-state index contributed by atoms with van der Waals surface area (Å²) in [6, 6.07) is 8.12. The molecule has 0 aromatic heterocycles. The minimum atomic E-state index is -0.546. The topological polar surface area (TPSA) is 70.1 Å². The molecule has 0 spiro atoms. The maximum atomic E-state index is 10.8. The number of benzene rings is 1. The van der Waals surface area contributed by atoms with Crippen LogP contribution in [0.4, 0.5) is 10.5 Å². The monoisotopic (exact) mass is 175 g/mol. The van der Waals surface area contributed by atoms with Gasteiger partial charge >= 0.3 is 6.03 Å². The lowest BCUT2D eigenvalue weighted by molar-refractivity contribution is 0.255. The third-order valence-corrected chi connectivity index (χ3v) is 1.69. The first kappa shape index (κ1) is 9.07. The molecule has 0 aliphatic heterocycles. The zero-order chi connectivity index (χ0) is 9.84. The molecule has 0 fully saturated rings. The van der Waals surface area contributed by atoms with E-state index in [1.165, 1.54) is 4.90 Å². The largest absolute Gasteiger partial charge is 0.351 e. The maximum absolute atomic E-state index is 10.8. The summed E-state index contributed by atoms with van der Waals surface area (Å²) in [5.41, 5.74) is 6.19. The Bertz CT molecular complexity index is 367. The summed E-state index contributed by atoms with van der Waals surface area (Å²) in [6.07, 6.45) is 0. The van der Waals surface area contributed by atoms with Crippen LogP contribution in [-0.4, -0.2) is 13.1 Å². The summed E-state index contributed by atoms with van der Waals surface area (Å²) in [5.74, 6) is 0. The average molecular weight is 175 g/mol. The Morgan fingerprint density at radius 3 is 2.85 bits per heavy atom. The molecule has 13 heavy (non-hydrogen) atoms. The Morgan fingerprint density at radius 1 is 1.62 bits per heavy atom. The second-order valence-corrected chi connectivity index (χ2v) is 2.56. The number of anilines is 1. The predicted octanol–water partition coefficient (Wildman–Crippen LogP) is 1.07. The smallest absolute Gasteiger partial charge is 0.318 e. The molecule has 2 N–H and O–H groups in total. The lowest BCUT2D eigenvalue weighted by Gasteiger charge is -2.13. The van der Waals surface area contributed by atoms with Crippen LogP contribution in [-0.2, 0) is 0 Å². The number of nitrogens with two attached hydrogens (primary N) is 1. The Kier molecular flexibility index (Phi) is 2.50. The molecule has 0 aliphatic carbocycles. The average Bonchev–Trinajstić information content (AvgIpc) is 2.16. The summed E-state index contributed by atoms with van der Waals surface area (Å²) >= 11 is 0. The molecule has 1 rings (SSSR count). The first-order chi connectivity index (χ1) is 6.15. The van der Waals surface area contributed by atoms with Gasteiger partial charge in [0.15, 0.2) is 0 Å². The molecule has 0 aliphatic rings. The molecule has 1 aromatic rings. The fourth-order valence-electron chi connectivity index (χ4n) is 0.911. The first-order valence-corrected chi connectivity index (χ1v) is 3.68. The number of amides is 2. The Balaban J connectivity index is 3.03. The van der Waals surface area contributed by atoms with Crippen LogP contribution in [0.15, 0.2) is 24.3 Å². The molecule has 0 saturated heterocycles. The Labute approximate surface area is 76.2 Å². The maximum Gasteiger partial charge on any atom is 0.318 e. The standard InChI is InChI=1S/C9H9N3O/c1-12(9(11)13)8-4-2-3-7(5-8)6-10/h2-5H,1H3,(H2,11,13). The molecular formula is C9H9N3O. The number of nitrogens with zero attached hydrogens (tertiary/aromatic N) is 2. The highest BCUT2D eigenvalue weighted by Gasteiger charge is 2.05. The summed E-state index contributed by atoms with van der Waals surface area (Å²) in [7, 11) is 1.55. The molecular weight excluding hydrogens is 166 g/mol. The van der Waals surface area contributed by atoms with E-state index >= 15 is 0 Å². The van der Waals surface area contributed by atoms with Crippen molar-refractivity contribution in [1.82, 2.24) is 0 Å². The van der Waals surface area contributed by atoms with Crippen LogP contribution in [0.1, 0.15) is 5.56 Å². The van der Waals surface area contributed by atoms with E-state index in [0.717, 1.165) is 0 Å². The van der Waals surface area contributed by atoms with E-state index in [1.807, 2.05) is 6.07 Å². The molecule has 0 radical (unpaired) electrons. The number of rotatable bonds is 1. The van der Waals surface area contributed by atoms with E-state index < -0.39 is 6.03 Å². The van der Waals surface area contributed by atoms with Gasteiger partial charge < -0.3 is 5.73 Å². The fourth-order valence-corrected chi connectivity index (χ4v) is 0.911. The van der Waals surface area contributed by atoms with E-state index in [0.29, 0.717) is 11.3 Å². The number of nitriles is 1. The molecule has 0 unspecified atom stereocenters. The van der Waals surface area contributed by atoms with Crippen molar-refractivity contribution in [3.8, 4) is 6.07 Å². The van der Waals surface area contributed by atoms with Gasteiger partial charge in [0.1, 0.15) is 0 Å². The Hall–Kier alpha value is -2.02. The van der Waals surface area contributed by atoms with Crippen LogP contribution in [0.25, 0.3) is 0 Å². The molecule has 1 aromatic carbocycles. The van der Waals surface area contributed by atoms with Crippen molar-refractivity contribution in [2.75, 3.05) is 11.9 Å². The van der Waals surface area contributed by atoms with E-state index in [-0.39, 0.29) is 0 Å². The molecule has 0 heterocycles. The van der Waals surface area contributed by atoms with Gasteiger partial charge in [-0.3, -0.25) is 4.90 Å². The van der Waals surface area contributed by atoms with Crippen molar-refractivity contribution in [2.24, 2.45) is 5.73 Å². The minimum absolute atomic E-state index is 0.505. The zero-order valence-electron chi connectivity index (χ0n) is 7.19. The zero-order valence-corrected chi connectivity index (χ0v) is 7.19. The van der Waals surface area contributed by atoms with E-state index in [1.54, 1.807) is 31.3 Å². The van der Waals surface area contributed by atoms with Gasteiger partial charge in [0, 0.05) is 12.7 Å². The SMILES string of the molecule is CN(C(N)=O)c1cccc(C#N)c1. The highest BCUT2D eigenvalue weighted by atomic mass is 16.2. The molecule has 0 saturated carbocycles. The first-order valence-electron chi connectivity index (χ1n) is 3.68. The molecule has 4 heteroatoms. The third kappa shape index (κ3) is 1.97. The van der Waals surface area contributed by atoms with Gasteiger partial charge in [-0.25, -0.2) is 4.79 Å². The molecule has 0 bridgehead atoms. The highest BCUT2D eigenvalue weighted by Crippen LogP contribution is 2.13. The van der Waals surface area contributed by atoms with Gasteiger partial charge in [-0.15, -0.1) is 0 Å². The van der Waals surface area contributed by atoms with Crippen molar-refractivity contribution in [2.45, 2.75) is 0 Å². The molecule has 66 valence electrons. The second kappa shape index (κ2) is 3.59. The number of carbonyl (C=O) groups excluding carboxylic acids is 1. The fraction of sp³-hybridized carbons (Fsp3) is 0.111. The van der Waals surface area contributed by atoms with Gasteiger partial charge in [-0.2, -0.15) is 5.26 Å². The van der Waals surface area contributed by atoms with E-state index in [4.69, 9.17) is 11.0 Å². The number of carbonyl (C=O) groups is 1. The van der Waals surface area contributed by atoms with Crippen LogP contribution in [0, 0.1) is 11.3 Å². The van der Waals surface area contributed by atoms with Gasteiger partial charge in [0.2, 0.25) is 0 Å². The number of hydrogen-bond donors (Lipinski definition) is 1. The van der Waals surface area contributed by atoms with Crippen LogP contribution in [0.3, 0.4) is 0 Å². The van der Waals surface area contributed by atoms with Crippen LogP contribution >= 0.6 is 0 Å². The van der Waals surface area contributed by atoms with Crippen molar-refractivity contribution < 1.29 is 4.79 Å². The van der Waals surface area contributed by atoms with Gasteiger partial charge in [0.05, 0.1) is 11.6 Å². The Morgan fingerprint density at radius 2 is 2.31 bits per heavy atom. The molecule has 2 amide bonds. The summed E-state index contributed by atoms with van der Waals surface area (Å²) in [5, 5.41) is 8.60. The van der Waals surface area contributed by atoms with Crippen LogP contribution in [0.5, 0.6) is 0 Å². The van der Waals surface area contributed by atoms with Gasteiger partial charge in [-0.05, 0) is 18.2 Å². The van der Waals surface area contributed by atoms with Gasteiger partial charge in [0.25, 0.3) is 0 Å². The van der Waals surface area contributed by atoms with E-state index in [9.17, 15) is 4.79 Å². The number of primary amides is 1. The normalized spacial score (nSPS) is 8.92. The van der Waals surface area contributed by atoms with Crippen molar-refractivity contribution in [1.29, 1.82) is 5.26 Å². The molecule has 4 nitrogen and oxygen atoms in total. The van der Waals surface area contributed by atoms with Crippen LogP contribution in [0.2, 0.25) is 0 Å². The van der Waals surface area contributed by atoms with Crippen LogP contribution < -0.4 is 10.6 Å².